The molecule has 1 spiro atoms. The molecular weight excluding hydrogens is 319 g/mol. The zero-order chi connectivity index (χ0) is 12.6. The van der Waals surface area contributed by atoms with Crippen LogP contribution < -0.4 is 5.32 Å². The van der Waals surface area contributed by atoms with Crippen molar-refractivity contribution in [2.75, 3.05) is 13.1 Å². The molecule has 1 radical (unpaired) electrons. The molecule has 0 bridgehead atoms. The van der Waals surface area contributed by atoms with Crippen LogP contribution in [0.25, 0.3) is 5.57 Å². The maximum Gasteiger partial charge on any atom is 1.00 e. The second-order valence-corrected chi connectivity index (χ2v) is 6.01. The summed E-state index contributed by atoms with van der Waals surface area (Å²) in [7, 11) is 0. The summed E-state index contributed by atoms with van der Waals surface area (Å²) < 4.78 is 0. The molecule has 3 rings (SSSR count). The van der Waals surface area contributed by atoms with E-state index in [-0.39, 0.29) is 19.5 Å². The first-order chi connectivity index (χ1) is 8.69. The average Bonchev–Trinajstić information content (AvgIpc) is 2.56. The smallest absolute Gasteiger partial charge is 0.317 e. The summed E-state index contributed by atoms with van der Waals surface area (Å²) in [6.45, 7) is 6.73. The van der Waals surface area contributed by atoms with Gasteiger partial charge in [-0.05, 0) is 37.8 Å². The maximum absolute atomic E-state index is 3.53. The summed E-state index contributed by atoms with van der Waals surface area (Å²) in [5.74, 6) is 0. The fraction of sp³-hybridized carbons (Fsp3) is 0.529. The first kappa shape index (κ1) is 14.9. The second kappa shape index (κ2) is 5.89. The van der Waals surface area contributed by atoms with E-state index in [1.165, 1.54) is 54.5 Å². The number of rotatable bonds is 0. The van der Waals surface area contributed by atoms with Crippen molar-refractivity contribution in [1.29, 1.82) is 0 Å². The van der Waals surface area contributed by atoms with E-state index in [9.17, 15) is 0 Å². The van der Waals surface area contributed by atoms with Crippen LogP contribution in [-0.4, -0.2) is 13.1 Å². The third kappa shape index (κ3) is 3.01. The summed E-state index contributed by atoms with van der Waals surface area (Å²) in [4.78, 5) is 0. The molecule has 103 valence electrons. The van der Waals surface area contributed by atoms with Crippen LogP contribution in [0.15, 0.2) is 18.2 Å². The average molecular weight is 341 g/mol. The molecule has 1 saturated heterocycles. The molecular formula is C17H22NRu. The molecule has 1 aromatic rings. The summed E-state index contributed by atoms with van der Waals surface area (Å²) in [6.07, 6.45) is 7.65. The van der Waals surface area contributed by atoms with E-state index in [1.54, 1.807) is 0 Å². The molecule has 2 aliphatic rings. The molecule has 0 amide bonds. The van der Waals surface area contributed by atoms with Crippen LogP contribution in [0.1, 0.15) is 42.9 Å². The fourth-order valence-electron chi connectivity index (χ4n) is 3.56. The van der Waals surface area contributed by atoms with Crippen molar-refractivity contribution in [3.8, 4) is 0 Å². The first-order valence-electron chi connectivity index (χ1n) is 7.11. The van der Waals surface area contributed by atoms with E-state index in [0.29, 0.717) is 5.41 Å². The van der Waals surface area contributed by atoms with E-state index < -0.39 is 0 Å². The molecule has 2 heteroatoms. The normalized spacial score (nSPS) is 26.1. The topological polar surface area (TPSA) is 12.0 Å². The van der Waals surface area contributed by atoms with Gasteiger partial charge in [0, 0.05) is 0 Å². The molecule has 19 heavy (non-hydrogen) atoms. The van der Waals surface area contributed by atoms with Gasteiger partial charge in [-0.15, -0.1) is 46.5 Å². The number of aryl methyl sites for hydroxylation is 1. The van der Waals surface area contributed by atoms with Gasteiger partial charge in [0.05, 0.1) is 0 Å². The van der Waals surface area contributed by atoms with E-state index in [1.807, 2.05) is 0 Å². The van der Waals surface area contributed by atoms with E-state index in [2.05, 4.69) is 43.4 Å². The minimum absolute atomic E-state index is 0. The number of fused-ring (bicyclic) bond motifs is 1. The number of nitrogens with one attached hydrogen (secondary N) is 1. The molecule has 1 N–H and O–H groups in total. The number of benzene rings is 1. The van der Waals surface area contributed by atoms with Crippen molar-refractivity contribution >= 4 is 5.57 Å². The molecule has 1 heterocycles. The van der Waals surface area contributed by atoms with Crippen molar-refractivity contribution in [2.45, 2.75) is 39.5 Å². The monoisotopic (exact) mass is 342 g/mol. The van der Waals surface area contributed by atoms with Crippen LogP contribution in [0.3, 0.4) is 0 Å². The van der Waals surface area contributed by atoms with E-state index in [0.717, 1.165) is 6.54 Å². The van der Waals surface area contributed by atoms with Gasteiger partial charge in [-0.25, -0.2) is 0 Å². The van der Waals surface area contributed by atoms with Crippen molar-refractivity contribution < 1.29 is 19.5 Å². The third-order valence-electron chi connectivity index (χ3n) is 4.47. The number of hydrogen-bond donors (Lipinski definition) is 1. The van der Waals surface area contributed by atoms with Gasteiger partial charge in [-0.1, -0.05) is 20.3 Å². The molecule has 0 aromatic heterocycles. The van der Waals surface area contributed by atoms with Crippen LogP contribution in [0.5, 0.6) is 0 Å². The molecule has 1 atom stereocenters. The molecule has 1 aliphatic carbocycles. The summed E-state index contributed by atoms with van der Waals surface area (Å²) in [5, 5.41) is 3.53. The van der Waals surface area contributed by atoms with Crippen molar-refractivity contribution in [1.82, 2.24) is 5.32 Å². The van der Waals surface area contributed by atoms with Gasteiger partial charge in [-0.3, -0.25) is 0 Å². The Bertz CT molecular complexity index is 482. The minimum Gasteiger partial charge on any atom is -0.317 e. The summed E-state index contributed by atoms with van der Waals surface area (Å²) >= 11 is 0. The van der Waals surface area contributed by atoms with Gasteiger partial charge in [0.2, 0.25) is 0 Å². The SMILES string of the molecule is CC1=CC2(CCCNCC2)Cc2ccc(C)[c-]c21.[Ru+]. The van der Waals surface area contributed by atoms with Gasteiger partial charge < -0.3 is 5.32 Å². The Kier molecular flexibility index (Phi) is 4.63. The van der Waals surface area contributed by atoms with Gasteiger partial charge in [0.25, 0.3) is 0 Å². The summed E-state index contributed by atoms with van der Waals surface area (Å²) in [5.41, 5.74) is 5.95. The summed E-state index contributed by atoms with van der Waals surface area (Å²) in [6, 6.07) is 8.06. The standard InChI is InChI=1S/C17H22N.Ru/c1-13-4-5-15-12-17(6-3-8-18-9-7-17)11-14(2)16(15)10-13;/h4-5,11,18H,3,6-9,12H2,1-2H3;/q-1;+1. The second-order valence-electron chi connectivity index (χ2n) is 6.01. The Morgan fingerprint density at radius 1 is 1.16 bits per heavy atom. The van der Waals surface area contributed by atoms with Crippen molar-refractivity contribution in [3.63, 3.8) is 0 Å². The van der Waals surface area contributed by atoms with E-state index >= 15 is 0 Å². The van der Waals surface area contributed by atoms with Crippen LogP contribution >= 0.6 is 0 Å². The quantitative estimate of drug-likeness (QED) is 0.562. The predicted octanol–water partition coefficient (Wildman–Crippen LogP) is 3.51. The molecule has 1 nitrogen and oxygen atoms in total. The van der Waals surface area contributed by atoms with Gasteiger partial charge in [0.1, 0.15) is 0 Å². The Morgan fingerprint density at radius 3 is 2.84 bits per heavy atom. The molecule has 1 aliphatic heterocycles. The van der Waals surface area contributed by atoms with Crippen molar-refractivity contribution in [3.05, 3.63) is 41.0 Å². The largest absolute Gasteiger partial charge is 1.00 e. The molecule has 1 unspecified atom stereocenters. The minimum atomic E-state index is 0. The Hall–Kier alpha value is -0.457. The van der Waals surface area contributed by atoms with Gasteiger partial charge in [0.15, 0.2) is 0 Å². The zero-order valence-corrected chi connectivity index (χ0v) is 13.6. The molecule has 1 fully saturated rings. The zero-order valence-electron chi connectivity index (χ0n) is 11.8. The van der Waals surface area contributed by atoms with Gasteiger partial charge in [-0.2, -0.15) is 0 Å². The Labute approximate surface area is 129 Å². The Balaban J connectivity index is 0.00000133. The molecule has 1 aromatic carbocycles. The van der Waals surface area contributed by atoms with E-state index in [4.69, 9.17) is 0 Å². The van der Waals surface area contributed by atoms with Gasteiger partial charge >= 0.3 is 19.5 Å². The first-order valence-corrected chi connectivity index (χ1v) is 7.11. The fourth-order valence-corrected chi connectivity index (χ4v) is 3.56. The van der Waals surface area contributed by atoms with Crippen molar-refractivity contribution in [2.24, 2.45) is 5.41 Å². The van der Waals surface area contributed by atoms with Crippen LogP contribution in [0, 0.1) is 18.4 Å². The van der Waals surface area contributed by atoms with Crippen LogP contribution in [0.2, 0.25) is 0 Å². The predicted molar refractivity (Wildman–Crippen MR) is 76.5 cm³/mol. The molecule has 0 saturated carbocycles. The van der Waals surface area contributed by atoms with Crippen LogP contribution in [-0.2, 0) is 25.9 Å². The number of hydrogen-bond acceptors (Lipinski definition) is 1. The Morgan fingerprint density at radius 2 is 2.00 bits per heavy atom. The van der Waals surface area contributed by atoms with Crippen LogP contribution in [0.4, 0.5) is 0 Å². The third-order valence-corrected chi connectivity index (χ3v) is 4.47. The maximum atomic E-state index is 3.53. The number of allylic oxidation sites excluding steroid dienone is 2.